The summed E-state index contributed by atoms with van der Waals surface area (Å²) in [5.74, 6) is 0.470. The monoisotopic (exact) mass is 372 g/mol. The van der Waals surface area contributed by atoms with Gasteiger partial charge in [-0.05, 0) is 62.0 Å². The van der Waals surface area contributed by atoms with Gasteiger partial charge in [0.2, 0.25) is 0 Å². The summed E-state index contributed by atoms with van der Waals surface area (Å²) in [4.78, 5) is 0. The number of ether oxygens (including phenoxy) is 1. The lowest BCUT2D eigenvalue weighted by molar-refractivity contribution is -0.0508. The van der Waals surface area contributed by atoms with Crippen molar-refractivity contribution in [1.29, 1.82) is 0 Å². The van der Waals surface area contributed by atoms with Crippen LogP contribution in [0.1, 0.15) is 56.1 Å². The van der Waals surface area contributed by atoms with Crippen LogP contribution in [0.15, 0.2) is 18.2 Å². The maximum atomic E-state index is 12.7. The number of benzene rings is 1. The van der Waals surface area contributed by atoms with E-state index in [1.807, 2.05) is 12.1 Å². The molecule has 1 aromatic rings. The summed E-state index contributed by atoms with van der Waals surface area (Å²) < 4.78 is 36.2. The highest BCUT2D eigenvalue weighted by molar-refractivity contribution is 6.71. The smallest absolute Gasteiger partial charge is 0.387 e. The molecule has 6 heteroatoms. The molecule has 0 radical (unpaired) electrons. The molecule has 2 rings (SSSR count). The topological polar surface area (TPSA) is 38.7 Å². The molecule has 0 bridgehead atoms. The van der Waals surface area contributed by atoms with Crippen molar-refractivity contribution in [2.45, 2.75) is 83.4 Å². The summed E-state index contributed by atoms with van der Waals surface area (Å²) in [6.07, 6.45) is 4.43. The largest absolute Gasteiger partial charge is 0.434 e. The van der Waals surface area contributed by atoms with Crippen LogP contribution in [0.5, 0.6) is 5.75 Å². The maximum absolute atomic E-state index is 12.7. The number of alkyl halides is 2. The second-order valence-electron chi connectivity index (χ2n) is 7.56. The van der Waals surface area contributed by atoms with Crippen molar-refractivity contribution in [3.63, 3.8) is 0 Å². The fourth-order valence-electron chi connectivity index (χ4n) is 3.39. The van der Waals surface area contributed by atoms with Crippen molar-refractivity contribution in [2.75, 3.05) is 0 Å². The number of aliphatic hydroxyl groups excluding tert-OH is 1. The van der Waals surface area contributed by atoms with Gasteiger partial charge in [0, 0.05) is 5.56 Å². The van der Waals surface area contributed by atoms with E-state index in [0.717, 1.165) is 43.7 Å². The molecule has 0 amide bonds. The molecule has 1 saturated carbocycles. The standard InChI is InChI=1S/C19H30F2O3Si/c1-4-5-10-25(2,3)23-13-16-11-14(15-6-8-17(22)12-15)7-9-18(16)24-19(20)21/h7,9,11,15,17,19,22H,4-6,8,10,12-13H2,1-3H3. The van der Waals surface area contributed by atoms with E-state index in [2.05, 4.69) is 24.8 Å². The molecule has 3 nitrogen and oxygen atoms in total. The number of hydrogen-bond donors (Lipinski definition) is 1. The Kier molecular flexibility index (Phi) is 7.40. The fraction of sp³-hybridized carbons (Fsp3) is 0.684. The molecule has 2 unspecified atom stereocenters. The zero-order valence-electron chi connectivity index (χ0n) is 15.4. The first-order valence-corrected chi connectivity index (χ1v) is 12.3. The molecular formula is C19H30F2O3Si. The van der Waals surface area contributed by atoms with E-state index in [1.165, 1.54) is 0 Å². The number of unbranched alkanes of at least 4 members (excludes halogenated alkanes) is 1. The van der Waals surface area contributed by atoms with Gasteiger partial charge in [-0.1, -0.05) is 25.8 Å². The Morgan fingerprint density at radius 2 is 2.04 bits per heavy atom. The minimum atomic E-state index is -2.84. The highest BCUT2D eigenvalue weighted by Crippen LogP contribution is 2.37. The minimum Gasteiger partial charge on any atom is -0.434 e. The second-order valence-corrected chi connectivity index (χ2v) is 11.9. The molecule has 1 fully saturated rings. The first-order valence-electron chi connectivity index (χ1n) is 9.20. The number of hydrogen-bond acceptors (Lipinski definition) is 3. The van der Waals surface area contributed by atoms with Gasteiger partial charge in [-0.2, -0.15) is 8.78 Å². The van der Waals surface area contributed by atoms with Crippen LogP contribution < -0.4 is 4.74 Å². The lowest BCUT2D eigenvalue weighted by Gasteiger charge is -2.24. The van der Waals surface area contributed by atoms with Gasteiger partial charge in [-0.3, -0.25) is 0 Å². The summed E-state index contributed by atoms with van der Waals surface area (Å²) in [7, 11) is -1.81. The molecule has 0 aromatic heterocycles. The van der Waals surface area contributed by atoms with Gasteiger partial charge in [-0.15, -0.1) is 0 Å². The molecule has 1 N–H and O–H groups in total. The van der Waals surface area contributed by atoms with Crippen LogP contribution in [0.2, 0.25) is 19.1 Å². The highest BCUT2D eigenvalue weighted by Gasteiger charge is 2.26. The number of rotatable bonds is 9. The molecule has 1 aliphatic rings. The van der Waals surface area contributed by atoms with Gasteiger partial charge in [0.25, 0.3) is 0 Å². The zero-order valence-corrected chi connectivity index (χ0v) is 16.4. The van der Waals surface area contributed by atoms with Crippen molar-refractivity contribution >= 4 is 8.32 Å². The van der Waals surface area contributed by atoms with E-state index in [1.54, 1.807) is 6.07 Å². The Morgan fingerprint density at radius 3 is 2.64 bits per heavy atom. The van der Waals surface area contributed by atoms with Crippen LogP contribution in [0.25, 0.3) is 0 Å². The van der Waals surface area contributed by atoms with Crippen LogP contribution in [-0.2, 0) is 11.0 Å². The third-order valence-electron chi connectivity index (χ3n) is 4.93. The molecule has 0 saturated heterocycles. The summed E-state index contributed by atoms with van der Waals surface area (Å²) in [6.45, 7) is 3.93. The summed E-state index contributed by atoms with van der Waals surface area (Å²) >= 11 is 0. The van der Waals surface area contributed by atoms with Gasteiger partial charge in [0.1, 0.15) is 5.75 Å². The minimum absolute atomic E-state index is 0.192. The molecule has 0 aliphatic heterocycles. The third-order valence-corrected chi connectivity index (χ3v) is 7.41. The van der Waals surface area contributed by atoms with Crippen molar-refractivity contribution in [3.05, 3.63) is 29.3 Å². The summed E-state index contributed by atoms with van der Waals surface area (Å²) in [5, 5.41) is 9.75. The van der Waals surface area contributed by atoms with Crippen molar-refractivity contribution in [2.24, 2.45) is 0 Å². The summed E-state index contributed by atoms with van der Waals surface area (Å²) in [5.41, 5.74) is 1.75. The zero-order chi connectivity index (χ0) is 18.4. The molecule has 2 atom stereocenters. The van der Waals surface area contributed by atoms with Crippen molar-refractivity contribution in [3.8, 4) is 5.75 Å². The molecule has 25 heavy (non-hydrogen) atoms. The second kappa shape index (κ2) is 9.10. The lowest BCUT2D eigenvalue weighted by atomic mass is 9.95. The van der Waals surface area contributed by atoms with E-state index in [9.17, 15) is 13.9 Å². The maximum Gasteiger partial charge on any atom is 0.387 e. The highest BCUT2D eigenvalue weighted by atomic mass is 28.4. The van der Waals surface area contributed by atoms with Crippen LogP contribution >= 0.6 is 0 Å². The van der Waals surface area contributed by atoms with Crippen LogP contribution in [-0.4, -0.2) is 26.1 Å². The first-order chi connectivity index (χ1) is 11.8. The van der Waals surface area contributed by atoms with Gasteiger partial charge in [-0.25, -0.2) is 0 Å². The van der Waals surface area contributed by atoms with E-state index in [0.29, 0.717) is 12.2 Å². The molecule has 1 aromatic carbocycles. The Bertz CT molecular complexity index is 551. The third kappa shape index (κ3) is 6.35. The van der Waals surface area contributed by atoms with E-state index >= 15 is 0 Å². The lowest BCUT2D eigenvalue weighted by Crippen LogP contribution is -2.29. The molecule has 0 heterocycles. The van der Waals surface area contributed by atoms with Crippen LogP contribution in [0, 0.1) is 0 Å². The average Bonchev–Trinajstić information content (AvgIpc) is 2.98. The fourth-order valence-corrected chi connectivity index (χ4v) is 5.28. The SMILES string of the molecule is CCCC[Si](C)(C)OCc1cc(C2CCC(O)C2)ccc1OC(F)F. The molecular weight excluding hydrogens is 342 g/mol. The van der Waals surface area contributed by atoms with E-state index in [4.69, 9.17) is 4.43 Å². The first kappa shape index (κ1) is 20.3. The van der Waals surface area contributed by atoms with Crippen LogP contribution in [0.3, 0.4) is 0 Å². The van der Waals surface area contributed by atoms with Gasteiger partial charge >= 0.3 is 6.61 Å². The molecule has 1 aliphatic carbocycles. The predicted octanol–water partition coefficient (Wildman–Crippen LogP) is 5.44. The Morgan fingerprint density at radius 1 is 1.28 bits per heavy atom. The Hall–Kier alpha value is -0.983. The van der Waals surface area contributed by atoms with Crippen molar-refractivity contribution in [1.82, 2.24) is 0 Å². The molecule has 0 spiro atoms. The quantitative estimate of drug-likeness (QED) is 0.587. The van der Waals surface area contributed by atoms with Gasteiger partial charge in [0.15, 0.2) is 8.32 Å². The predicted molar refractivity (Wildman–Crippen MR) is 97.7 cm³/mol. The average molecular weight is 373 g/mol. The Balaban J connectivity index is 2.13. The van der Waals surface area contributed by atoms with Gasteiger partial charge < -0.3 is 14.3 Å². The van der Waals surface area contributed by atoms with E-state index < -0.39 is 14.9 Å². The summed E-state index contributed by atoms with van der Waals surface area (Å²) in [6, 6.07) is 6.43. The van der Waals surface area contributed by atoms with Crippen molar-refractivity contribution < 1.29 is 23.1 Å². The van der Waals surface area contributed by atoms with Crippen LogP contribution in [0.4, 0.5) is 8.78 Å². The molecule has 142 valence electrons. The number of halogens is 2. The van der Waals surface area contributed by atoms with E-state index in [-0.39, 0.29) is 17.8 Å². The Labute approximate surface area is 150 Å². The number of aliphatic hydroxyl groups is 1. The van der Waals surface area contributed by atoms with Gasteiger partial charge in [0.05, 0.1) is 12.7 Å². The normalized spacial score (nSPS) is 21.1.